The van der Waals surface area contributed by atoms with Crippen molar-refractivity contribution < 1.29 is 18.0 Å². The summed E-state index contributed by atoms with van der Waals surface area (Å²) in [5.74, 6) is 0.299. The first kappa shape index (κ1) is 20.1. The van der Waals surface area contributed by atoms with Gasteiger partial charge in [-0.2, -0.15) is 13.2 Å². The fourth-order valence-corrected chi connectivity index (χ4v) is 3.16. The average molecular weight is 393 g/mol. The minimum Gasteiger partial charge on any atom is -0.370 e. The molecule has 3 rings (SSSR count). The van der Waals surface area contributed by atoms with Crippen molar-refractivity contribution in [2.75, 3.05) is 36.4 Å². The number of alkyl halides is 3. The van der Waals surface area contributed by atoms with Gasteiger partial charge < -0.3 is 15.0 Å². The Hall–Kier alpha value is -2.68. The van der Waals surface area contributed by atoms with Crippen LogP contribution in [0.1, 0.15) is 18.4 Å². The summed E-state index contributed by atoms with van der Waals surface area (Å²) in [7, 11) is 0. The summed E-state index contributed by atoms with van der Waals surface area (Å²) in [6.45, 7) is 2.57. The van der Waals surface area contributed by atoms with Crippen LogP contribution < -0.4 is 10.2 Å². The van der Waals surface area contributed by atoms with Gasteiger partial charge in [0.1, 0.15) is 6.29 Å². The minimum atomic E-state index is -4.44. The number of carbonyl (C=O) groups is 1. The van der Waals surface area contributed by atoms with Gasteiger partial charge in [-0.25, -0.2) is 9.97 Å². The lowest BCUT2D eigenvalue weighted by Crippen LogP contribution is -2.53. The first-order chi connectivity index (χ1) is 13.5. The van der Waals surface area contributed by atoms with E-state index in [9.17, 15) is 18.0 Å². The summed E-state index contributed by atoms with van der Waals surface area (Å²) in [6, 6.07) is 9.77. The van der Waals surface area contributed by atoms with Crippen LogP contribution in [0.3, 0.4) is 0 Å². The molecular weight excluding hydrogens is 371 g/mol. The van der Waals surface area contributed by atoms with Crippen molar-refractivity contribution in [3.8, 4) is 0 Å². The minimum absolute atomic E-state index is 0.00303. The standard InChI is InChI=1S/C19H22F3N5O/c20-19(21,22)15-13-23-18(24-14-15)27-10-8-26(9-11-27)17(7-4-12-28)25-16-5-2-1-3-6-16/h1-3,5-6,12-14,17,25H,4,7-11H2/t17-/m0/s1. The van der Waals surface area contributed by atoms with Crippen LogP contribution in [0.5, 0.6) is 0 Å². The van der Waals surface area contributed by atoms with Crippen LogP contribution in [0, 0.1) is 0 Å². The number of piperazine rings is 1. The molecular formula is C19H22F3N5O. The van der Waals surface area contributed by atoms with Gasteiger partial charge in [0.2, 0.25) is 5.95 Å². The van der Waals surface area contributed by atoms with Gasteiger partial charge in [-0.3, -0.25) is 4.90 Å². The lowest BCUT2D eigenvalue weighted by molar-refractivity contribution is -0.138. The molecule has 1 atom stereocenters. The molecule has 0 amide bonds. The van der Waals surface area contributed by atoms with Crippen molar-refractivity contribution in [1.82, 2.24) is 14.9 Å². The predicted molar refractivity (Wildman–Crippen MR) is 100.0 cm³/mol. The Morgan fingerprint density at radius 1 is 1.07 bits per heavy atom. The molecule has 0 bridgehead atoms. The van der Waals surface area contributed by atoms with Gasteiger partial charge in [0.05, 0.1) is 11.7 Å². The van der Waals surface area contributed by atoms with E-state index >= 15 is 0 Å². The predicted octanol–water partition coefficient (Wildman–Crippen LogP) is 3.03. The van der Waals surface area contributed by atoms with E-state index in [0.29, 0.717) is 45.0 Å². The van der Waals surface area contributed by atoms with Crippen LogP contribution in [-0.2, 0) is 11.0 Å². The maximum Gasteiger partial charge on any atom is 0.419 e. The summed E-state index contributed by atoms with van der Waals surface area (Å²) in [6.07, 6.45) is -0.764. The maximum absolute atomic E-state index is 12.7. The van der Waals surface area contributed by atoms with Crippen molar-refractivity contribution in [3.05, 3.63) is 48.3 Å². The molecule has 1 fully saturated rings. The molecule has 6 nitrogen and oxygen atoms in total. The first-order valence-corrected chi connectivity index (χ1v) is 9.11. The Balaban J connectivity index is 1.61. The molecule has 0 radical (unpaired) electrons. The Kier molecular flexibility index (Phi) is 6.45. The number of para-hydroxylation sites is 1. The summed E-state index contributed by atoms with van der Waals surface area (Å²) in [5.41, 5.74) is 0.128. The highest BCUT2D eigenvalue weighted by Crippen LogP contribution is 2.28. The highest BCUT2D eigenvalue weighted by molar-refractivity contribution is 5.50. The molecule has 2 heterocycles. The van der Waals surface area contributed by atoms with Gasteiger partial charge >= 0.3 is 6.18 Å². The zero-order valence-corrected chi connectivity index (χ0v) is 15.3. The van der Waals surface area contributed by atoms with Gasteiger partial charge in [0.25, 0.3) is 0 Å². The molecule has 0 spiro atoms. The average Bonchev–Trinajstić information content (AvgIpc) is 2.71. The van der Waals surface area contributed by atoms with Crippen LogP contribution in [-0.4, -0.2) is 53.5 Å². The van der Waals surface area contributed by atoms with E-state index in [2.05, 4.69) is 20.2 Å². The van der Waals surface area contributed by atoms with E-state index in [1.54, 1.807) is 0 Å². The smallest absolute Gasteiger partial charge is 0.370 e. The van der Waals surface area contributed by atoms with Crippen LogP contribution in [0.2, 0.25) is 0 Å². The van der Waals surface area contributed by atoms with Crippen molar-refractivity contribution in [2.24, 2.45) is 0 Å². The van der Waals surface area contributed by atoms with E-state index in [4.69, 9.17) is 0 Å². The molecule has 0 unspecified atom stereocenters. The highest BCUT2D eigenvalue weighted by Gasteiger charge is 2.32. The number of hydrogen-bond acceptors (Lipinski definition) is 6. The Labute approximate surface area is 161 Å². The number of carbonyl (C=O) groups excluding carboxylic acids is 1. The number of nitrogens with one attached hydrogen (secondary N) is 1. The van der Waals surface area contributed by atoms with Crippen molar-refractivity contribution >= 4 is 17.9 Å². The van der Waals surface area contributed by atoms with Gasteiger partial charge in [-0.15, -0.1) is 0 Å². The Morgan fingerprint density at radius 3 is 2.29 bits per heavy atom. The van der Waals surface area contributed by atoms with Crippen molar-refractivity contribution in [2.45, 2.75) is 25.2 Å². The van der Waals surface area contributed by atoms with Gasteiger partial charge in [-0.05, 0) is 18.6 Å². The molecule has 0 aliphatic carbocycles. The number of rotatable bonds is 7. The molecule has 1 aliphatic rings. The van der Waals surface area contributed by atoms with Crippen LogP contribution in [0.4, 0.5) is 24.8 Å². The molecule has 2 aromatic rings. The Bertz CT molecular complexity index is 746. The van der Waals surface area contributed by atoms with E-state index in [1.165, 1.54) is 0 Å². The lowest BCUT2D eigenvalue weighted by Gasteiger charge is -2.39. The lowest BCUT2D eigenvalue weighted by atomic mass is 10.2. The van der Waals surface area contributed by atoms with Crippen LogP contribution >= 0.6 is 0 Å². The molecule has 9 heteroatoms. The fourth-order valence-electron chi connectivity index (χ4n) is 3.16. The summed E-state index contributed by atoms with van der Waals surface area (Å²) >= 11 is 0. The molecule has 1 N–H and O–H groups in total. The SMILES string of the molecule is O=CCC[C@@H](Nc1ccccc1)N1CCN(c2ncc(C(F)(F)F)cn2)CC1. The topological polar surface area (TPSA) is 61.4 Å². The summed E-state index contributed by atoms with van der Waals surface area (Å²) in [4.78, 5) is 22.7. The third-order valence-corrected chi connectivity index (χ3v) is 4.67. The normalized spacial score (nSPS) is 16.6. The summed E-state index contributed by atoms with van der Waals surface area (Å²) < 4.78 is 38.0. The monoisotopic (exact) mass is 393 g/mol. The van der Waals surface area contributed by atoms with E-state index in [1.807, 2.05) is 35.2 Å². The molecule has 1 saturated heterocycles. The number of benzene rings is 1. The van der Waals surface area contributed by atoms with E-state index in [0.717, 1.165) is 24.4 Å². The largest absolute Gasteiger partial charge is 0.419 e. The molecule has 150 valence electrons. The number of nitrogens with zero attached hydrogens (tertiary/aromatic N) is 4. The highest BCUT2D eigenvalue weighted by atomic mass is 19.4. The zero-order chi connectivity index (χ0) is 20.0. The number of hydrogen-bond donors (Lipinski definition) is 1. The second-order valence-corrected chi connectivity index (χ2v) is 6.56. The third kappa shape index (κ3) is 5.19. The van der Waals surface area contributed by atoms with Crippen LogP contribution in [0.15, 0.2) is 42.7 Å². The number of aromatic nitrogens is 2. The Morgan fingerprint density at radius 2 is 1.71 bits per heavy atom. The van der Waals surface area contributed by atoms with Crippen molar-refractivity contribution in [3.63, 3.8) is 0 Å². The summed E-state index contributed by atoms with van der Waals surface area (Å²) in [5, 5.41) is 3.45. The molecule has 28 heavy (non-hydrogen) atoms. The van der Waals surface area contributed by atoms with E-state index in [-0.39, 0.29) is 6.17 Å². The maximum atomic E-state index is 12.7. The quantitative estimate of drug-likeness (QED) is 0.730. The second kappa shape index (κ2) is 9.01. The van der Waals surface area contributed by atoms with E-state index < -0.39 is 11.7 Å². The van der Waals surface area contributed by atoms with Gasteiger partial charge in [0, 0.05) is 50.7 Å². The van der Waals surface area contributed by atoms with Crippen LogP contribution in [0.25, 0.3) is 0 Å². The first-order valence-electron chi connectivity index (χ1n) is 9.11. The van der Waals surface area contributed by atoms with Gasteiger partial charge in [0.15, 0.2) is 0 Å². The third-order valence-electron chi connectivity index (χ3n) is 4.67. The van der Waals surface area contributed by atoms with Crippen molar-refractivity contribution in [1.29, 1.82) is 0 Å². The fraction of sp³-hybridized carbons (Fsp3) is 0.421. The zero-order valence-electron chi connectivity index (χ0n) is 15.3. The molecule has 0 saturated carbocycles. The number of halogens is 3. The second-order valence-electron chi connectivity index (χ2n) is 6.56. The van der Waals surface area contributed by atoms with Gasteiger partial charge in [-0.1, -0.05) is 18.2 Å². The molecule has 1 aromatic heterocycles. The molecule has 1 aliphatic heterocycles. The molecule has 1 aromatic carbocycles. The number of aldehydes is 1. The number of anilines is 2.